The third kappa shape index (κ3) is 37.4. The number of carbonyl (C=O) groups excluding carboxylic acids is 2. The van der Waals surface area contributed by atoms with Crippen molar-refractivity contribution in [1.82, 2.24) is 0 Å². The number of rotatable bonds is 33. The summed E-state index contributed by atoms with van der Waals surface area (Å²) in [7, 11) is 0. The van der Waals surface area contributed by atoms with Gasteiger partial charge in [-0.25, -0.2) is 0 Å². The number of hydrogen-bond donors (Lipinski definition) is 1. The van der Waals surface area contributed by atoms with Crippen LogP contribution in [0.1, 0.15) is 142 Å². The van der Waals surface area contributed by atoms with Crippen molar-refractivity contribution in [2.24, 2.45) is 0 Å². The smallest absolute Gasteiger partial charge is 0.306 e. The van der Waals surface area contributed by atoms with Crippen LogP contribution in [0.25, 0.3) is 0 Å². The number of aliphatic hydroxyl groups is 1. The van der Waals surface area contributed by atoms with E-state index in [2.05, 4.69) is 111 Å². The average Bonchev–Trinajstić information content (AvgIpc) is 3.12. The molecule has 0 unspecified atom stereocenters. The van der Waals surface area contributed by atoms with Crippen LogP contribution in [-0.4, -0.2) is 36.4 Å². The van der Waals surface area contributed by atoms with E-state index < -0.39 is 6.10 Å². The Balaban J connectivity index is 3.78. The molecule has 5 nitrogen and oxygen atoms in total. The number of hydrogen-bond acceptors (Lipinski definition) is 5. The van der Waals surface area contributed by atoms with Crippen molar-refractivity contribution in [1.29, 1.82) is 0 Å². The summed E-state index contributed by atoms with van der Waals surface area (Å²) in [5.41, 5.74) is 0. The molecule has 0 rings (SSSR count). The third-order valence-electron chi connectivity index (χ3n) is 7.56. The SMILES string of the molecule is CCC=CCC=CCC=CCC=CCC=CCC=CCCC(=O)OC[C@H](CO)OC(=O)CCCCCCC=CCC=CCC=CCCCCC. The van der Waals surface area contributed by atoms with Gasteiger partial charge in [0.25, 0.3) is 0 Å². The standard InChI is InChI=1S/C45H70O5/c1-3-5-7-9-11-13-15-17-19-21-22-24-25-27-29-31-33-35-37-39-44(47)49-42-43(41-46)50-45(48)40-38-36-34-32-30-28-26-23-20-18-16-14-12-10-8-6-4-2/h5,7,11-14,17-20,22,24,26-29,33,35,43,46H,3-4,6,8-10,15-16,21,23,25,30-32,34,36-42H2,1-2H3/t43-/m0/s1. The van der Waals surface area contributed by atoms with Gasteiger partial charge in [0.15, 0.2) is 6.10 Å². The molecule has 0 saturated heterocycles. The molecule has 0 fully saturated rings. The lowest BCUT2D eigenvalue weighted by atomic mass is 10.1. The molecule has 0 heterocycles. The van der Waals surface area contributed by atoms with Crippen molar-refractivity contribution in [2.75, 3.05) is 13.2 Å². The zero-order valence-corrected chi connectivity index (χ0v) is 31.6. The van der Waals surface area contributed by atoms with E-state index in [1.165, 1.54) is 25.7 Å². The minimum atomic E-state index is -0.821. The fourth-order valence-electron chi connectivity index (χ4n) is 4.64. The number of ether oxygens (including phenoxy) is 2. The van der Waals surface area contributed by atoms with Crippen LogP contribution in [0.3, 0.4) is 0 Å². The third-order valence-corrected chi connectivity index (χ3v) is 7.56. The first-order valence-electron chi connectivity index (χ1n) is 19.4. The van der Waals surface area contributed by atoms with Gasteiger partial charge in [-0.1, -0.05) is 149 Å². The van der Waals surface area contributed by atoms with Crippen LogP contribution in [0.4, 0.5) is 0 Å². The summed E-state index contributed by atoms with van der Waals surface area (Å²) in [6.45, 7) is 3.88. The minimum Gasteiger partial charge on any atom is -0.462 e. The van der Waals surface area contributed by atoms with E-state index in [-0.39, 0.29) is 31.6 Å². The summed E-state index contributed by atoms with van der Waals surface area (Å²) < 4.78 is 10.5. The van der Waals surface area contributed by atoms with E-state index in [1.807, 2.05) is 12.2 Å². The molecular formula is C45H70O5. The van der Waals surface area contributed by atoms with Crippen molar-refractivity contribution in [3.8, 4) is 0 Å². The van der Waals surface area contributed by atoms with Gasteiger partial charge in [0.1, 0.15) is 6.61 Å². The van der Waals surface area contributed by atoms with E-state index in [0.29, 0.717) is 12.8 Å². The second kappa shape index (κ2) is 40.0. The van der Waals surface area contributed by atoms with Crippen molar-refractivity contribution in [3.63, 3.8) is 0 Å². The Morgan fingerprint density at radius 1 is 0.480 bits per heavy atom. The van der Waals surface area contributed by atoms with Crippen molar-refractivity contribution < 1.29 is 24.2 Å². The fraction of sp³-hybridized carbons (Fsp3) is 0.556. The van der Waals surface area contributed by atoms with E-state index in [1.54, 1.807) is 0 Å². The van der Waals surface area contributed by atoms with Gasteiger partial charge in [-0.2, -0.15) is 0 Å². The largest absolute Gasteiger partial charge is 0.462 e. The highest BCUT2D eigenvalue weighted by atomic mass is 16.6. The maximum atomic E-state index is 12.2. The van der Waals surface area contributed by atoms with Gasteiger partial charge >= 0.3 is 11.9 Å². The molecule has 1 atom stereocenters. The topological polar surface area (TPSA) is 72.8 Å². The van der Waals surface area contributed by atoms with Gasteiger partial charge in [-0.3, -0.25) is 9.59 Å². The lowest BCUT2D eigenvalue weighted by Gasteiger charge is -2.15. The summed E-state index contributed by atoms with van der Waals surface area (Å²) in [6.07, 6.45) is 57.2. The van der Waals surface area contributed by atoms with Gasteiger partial charge in [-0.05, 0) is 89.9 Å². The molecule has 50 heavy (non-hydrogen) atoms. The molecule has 0 aliphatic rings. The van der Waals surface area contributed by atoms with Crippen LogP contribution in [-0.2, 0) is 19.1 Å². The van der Waals surface area contributed by atoms with Gasteiger partial charge in [0, 0.05) is 12.8 Å². The number of allylic oxidation sites excluding steroid dienone is 18. The maximum Gasteiger partial charge on any atom is 0.306 e. The van der Waals surface area contributed by atoms with Crippen LogP contribution in [0, 0.1) is 0 Å². The molecule has 0 amide bonds. The molecule has 5 heteroatoms. The quantitative estimate of drug-likeness (QED) is 0.0421. The zero-order valence-electron chi connectivity index (χ0n) is 31.6. The van der Waals surface area contributed by atoms with Crippen molar-refractivity contribution in [3.05, 3.63) is 109 Å². The van der Waals surface area contributed by atoms with Gasteiger partial charge in [0.05, 0.1) is 6.61 Å². The predicted octanol–water partition coefficient (Wildman–Crippen LogP) is 12.3. The molecular weight excluding hydrogens is 620 g/mol. The highest BCUT2D eigenvalue weighted by molar-refractivity contribution is 5.70. The van der Waals surface area contributed by atoms with E-state index in [0.717, 1.165) is 83.5 Å². The molecule has 0 bridgehead atoms. The number of carbonyl (C=O) groups is 2. The van der Waals surface area contributed by atoms with Gasteiger partial charge < -0.3 is 14.6 Å². The minimum absolute atomic E-state index is 0.123. The number of esters is 2. The summed E-state index contributed by atoms with van der Waals surface area (Å²) in [5, 5.41) is 9.54. The molecule has 0 aromatic rings. The molecule has 0 saturated carbocycles. The predicted molar refractivity (Wildman–Crippen MR) is 214 cm³/mol. The lowest BCUT2D eigenvalue weighted by Crippen LogP contribution is -2.28. The second-order valence-corrected chi connectivity index (χ2v) is 12.3. The normalized spacial score (nSPS) is 13.4. The van der Waals surface area contributed by atoms with E-state index in [4.69, 9.17) is 9.47 Å². The Labute approximate surface area is 306 Å². The van der Waals surface area contributed by atoms with Crippen LogP contribution >= 0.6 is 0 Å². The Kier molecular flexibility index (Phi) is 37.2. The number of unbranched alkanes of at least 4 members (excludes halogenated alkanes) is 7. The van der Waals surface area contributed by atoms with E-state index in [9.17, 15) is 14.7 Å². The maximum absolute atomic E-state index is 12.2. The zero-order chi connectivity index (χ0) is 36.4. The lowest BCUT2D eigenvalue weighted by molar-refractivity contribution is -0.161. The van der Waals surface area contributed by atoms with Crippen LogP contribution in [0.15, 0.2) is 109 Å². The van der Waals surface area contributed by atoms with Crippen LogP contribution in [0.2, 0.25) is 0 Å². The summed E-state index contributed by atoms with van der Waals surface area (Å²) in [5.74, 6) is -0.727. The first kappa shape index (κ1) is 46.6. The Morgan fingerprint density at radius 3 is 1.36 bits per heavy atom. The van der Waals surface area contributed by atoms with Crippen molar-refractivity contribution in [2.45, 2.75) is 148 Å². The molecule has 0 aliphatic heterocycles. The van der Waals surface area contributed by atoms with Gasteiger partial charge in [-0.15, -0.1) is 0 Å². The van der Waals surface area contributed by atoms with Crippen LogP contribution in [0.5, 0.6) is 0 Å². The summed E-state index contributed by atoms with van der Waals surface area (Å²) in [6, 6.07) is 0. The van der Waals surface area contributed by atoms with Crippen molar-refractivity contribution >= 4 is 11.9 Å². The Bertz CT molecular complexity index is 1050. The number of aliphatic hydroxyl groups excluding tert-OH is 1. The monoisotopic (exact) mass is 691 g/mol. The molecule has 0 aliphatic carbocycles. The first-order valence-corrected chi connectivity index (χ1v) is 19.4. The molecule has 0 spiro atoms. The molecule has 0 aromatic heterocycles. The Morgan fingerprint density at radius 2 is 0.900 bits per heavy atom. The molecule has 0 radical (unpaired) electrons. The average molecular weight is 691 g/mol. The summed E-state index contributed by atoms with van der Waals surface area (Å²) in [4.78, 5) is 24.2. The second-order valence-electron chi connectivity index (χ2n) is 12.3. The summed E-state index contributed by atoms with van der Waals surface area (Å²) >= 11 is 0. The highest BCUT2D eigenvalue weighted by Crippen LogP contribution is 2.09. The Hall–Kier alpha value is -3.44. The molecule has 1 N–H and O–H groups in total. The molecule has 280 valence electrons. The fourth-order valence-corrected chi connectivity index (χ4v) is 4.64. The van der Waals surface area contributed by atoms with Crippen LogP contribution < -0.4 is 0 Å². The van der Waals surface area contributed by atoms with E-state index >= 15 is 0 Å². The first-order chi connectivity index (χ1) is 24.6. The van der Waals surface area contributed by atoms with Gasteiger partial charge in [0.2, 0.25) is 0 Å². The molecule has 0 aromatic carbocycles. The highest BCUT2D eigenvalue weighted by Gasteiger charge is 2.15.